The van der Waals surface area contributed by atoms with E-state index in [0.29, 0.717) is 45.3 Å². The van der Waals surface area contributed by atoms with Gasteiger partial charge in [0.05, 0.1) is 0 Å². The lowest BCUT2D eigenvalue weighted by molar-refractivity contribution is 0.525. The van der Waals surface area contributed by atoms with Crippen molar-refractivity contribution in [2.45, 2.75) is 13.8 Å². The molecule has 7 aromatic rings. The summed E-state index contributed by atoms with van der Waals surface area (Å²) in [4.78, 5) is 27.9. The molecule has 0 N–H and O–H groups in total. The maximum atomic E-state index is 12.9. The summed E-state index contributed by atoms with van der Waals surface area (Å²) in [6.45, 7) is 5.89. The van der Waals surface area contributed by atoms with E-state index in [1.165, 1.54) is 0 Å². The summed E-state index contributed by atoms with van der Waals surface area (Å²) in [6.07, 6.45) is 0. The fourth-order valence-electron chi connectivity index (χ4n) is 5.27. The van der Waals surface area contributed by atoms with Crippen LogP contribution in [0, 0.1) is 0 Å². The van der Waals surface area contributed by atoms with Gasteiger partial charge in [0.1, 0.15) is 33.8 Å². The van der Waals surface area contributed by atoms with Crippen LogP contribution < -0.4 is 16.2 Å². The lowest BCUT2D eigenvalue weighted by Crippen LogP contribution is -2.21. The first-order valence-electron chi connectivity index (χ1n) is 13.5. The van der Waals surface area contributed by atoms with Crippen LogP contribution in [0.25, 0.3) is 66.9 Å². The molecule has 0 spiro atoms. The molecule has 202 valence electrons. The number of furan rings is 2. The Kier molecular flexibility index (Phi) is 5.86. The van der Waals surface area contributed by atoms with E-state index in [-0.39, 0.29) is 0 Å². The summed E-state index contributed by atoms with van der Waals surface area (Å²) < 4.78 is 23.3. The van der Waals surface area contributed by atoms with Crippen LogP contribution >= 0.6 is 0 Å². The molecule has 3 aromatic carbocycles. The molecule has 0 atom stereocenters. The van der Waals surface area contributed by atoms with E-state index in [1.54, 1.807) is 36.4 Å². The number of benzene rings is 3. The minimum Gasteiger partial charge on any atom is -0.453 e. The molecule has 0 amide bonds. The van der Waals surface area contributed by atoms with Crippen molar-refractivity contribution < 1.29 is 17.7 Å². The van der Waals surface area contributed by atoms with Crippen LogP contribution in [0.4, 0.5) is 5.69 Å². The van der Waals surface area contributed by atoms with Gasteiger partial charge in [-0.3, -0.25) is 0 Å². The van der Waals surface area contributed by atoms with Gasteiger partial charge in [-0.25, -0.2) is 9.59 Å². The topological polar surface area (TPSA) is 89.9 Å². The highest BCUT2D eigenvalue weighted by Crippen LogP contribution is 2.33. The zero-order chi connectivity index (χ0) is 28.1. The molecule has 7 heteroatoms. The van der Waals surface area contributed by atoms with Crippen LogP contribution in [-0.4, -0.2) is 13.1 Å². The normalized spacial score (nSPS) is 11.6. The number of hydrogen-bond acceptors (Lipinski definition) is 7. The van der Waals surface area contributed by atoms with Crippen LogP contribution in [0.3, 0.4) is 0 Å². The van der Waals surface area contributed by atoms with Crippen molar-refractivity contribution in [1.82, 2.24) is 0 Å². The predicted octanol–water partition coefficient (Wildman–Crippen LogP) is 8.09. The Morgan fingerprint density at radius 3 is 1.66 bits per heavy atom. The van der Waals surface area contributed by atoms with Gasteiger partial charge in [0.2, 0.25) is 0 Å². The van der Waals surface area contributed by atoms with Gasteiger partial charge < -0.3 is 22.6 Å². The first-order valence-corrected chi connectivity index (χ1v) is 13.5. The zero-order valence-corrected chi connectivity index (χ0v) is 22.5. The van der Waals surface area contributed by atoms with Crippen LogP contribution in [0.2, 0.25) is 0 Å². The average Bonchev–Trinajstić information content (AvgIpc) is 3.66. The van der Waals surface area contributed by atoms with Gasteiger partial charge in [-0.1, -0.05) is 24.3 Å². The largest absolute Gasteiger partial charge is 0.453 e. The third kappa shape index (κ3) is 4.32. The van der Waals surface area contributed by atoms with Crippen LogP contribution in [0.15, 0.2) is 118 Å². The van der Waals surface area contributed by atoms with Gasteiger partial charge in [0.15, 0.2) is 11.5 Å². The highest BCUT2D eigenvalue weighted by molar-refractivity contribution is 5.96. The number of fused-ring (bicyclic) bond motifs is 3. The Bertz CT molecular complexity index is 2190. The Balaban J connectivity index is 1.22. The molecule has 4 aromatic heterocycles. The summed E-state index contributed by atoms with van der Waals surface area (Å²) in [5.41, 5.74) is 1.68. The Morgan fingerprint density at radius 1 is 0.512 bits per heavy atom. The Hall–Kier alpha value is -5.30. The molecule has 0 aliphatic carbocycles. The Labute approximate surface area is 233 Å². The molecule has 41 heavy (non-hydrogen) atoms. The van der Waals surface area contributed by atoms with E-state index in [4.69, 9.17) is 17.7 Å². The quantitative estimate of drug-likeness (QED) is 0.155. The average molecular weight is 544 g/mol. The van der Waals surface area contributed by atoms with Gasteiger partial charge in [-0.15, -0.1) is 0 Å². The van der Waals surface area contributed by atoms with E-state index >= 15 is 0 Å². The molecular formula is C34H25NO6. The van der Waals surface area contributed by atoms with Gasteiger partial charge >= 0.3 is 11.3 Å². The molecule has 0 saturated carbocycles. The molecule has 0 aliphatic rings. The van der Waals surface area contributed by atoms with E-state index in [1.807, 2.05) is 54.6 Å². The van der Waals surface area contributed by atoms with Gasteiger partial charge in [0, 0.05) is 35.6 Å². The van der Waals surface area contributed by atoms with Crippen LogP contribution in [0.5, 0.6) is 0 Å². The fourth-order valence-corrected chi connectivity index (χ4v) is 5.27. The number of nitrogens with zero attached hydrogens (tertiary/aromatic N) is 1. The van der Waals surface area contributed by atoms with Crippen molar-refractivity contribution in [3.63, 3.8) is 0 Å². The third-order valence-corrected chi connectivity index (χ3v) is 7.43. The van der Waals surface area contributed by atoms with Crippen LogP contribution in [0.1, 0.15) is 13.8 Å². The van der Waals surface area contributed by atoms with E-state index in [2.05, 4.69) is 18.7 Å². The second kappa shape index (κ2) is 9.71. The standard InChI is InChI=1S/C34H25NO6/c1-3-35(4-2)24-10-9-22-16-25(33(36)41-32(22)19-24)27-11-13-29(38-27)30-14-12-28(39-30)26-17-23-15-20-7-5-6-8-21(20)18-31(23)40-34(26)37/h5-19H,3-4H2,1-2H3. The van der Waals surface area contributed by atoms with Crippen molar-refractivity contribution in [2.24, 2.45) is 0 Å². The van der Waals surface area contributed by atoms with Crippen molar-refractivity contribution in [2.75, 3.05) is 18.0 Å². The minimum absolute atomic E-state index is 0.310. The van der Waals surface area contributed by atoms with Crippen LogP contribution in [-0.2, 0) is 0 Å². The Morgan fingerprint density at radius 2 is 1.05 bits per heavy atom. The lowest BCUT2D eigenvalue weighted by atomic mass is 10.1. The minimum atomic E-state index is -0.494. The molecule has 0 aliphatic heterocycles. The van der Waals surface area contributed by atoms with Crippen molar-refractivity contribution in [3.05, 3.63) is 112 Å². The van der Waals surface area contributed by atoms with Gasteiger partial charge in [0.25, 0.3) is 0 Å². The van der Waals surface area contributed by atoms with Crippen molar-refractivity contribution in [1.29, 1.82) is 0 Å². The lowest BCUT2D eigenvalue weighted by Gasteiger charge is -2.20. The van der Waals surface area contributed by atoms with E-state index in [0.717, 1.165) is 40.3 Å². The molecule has 0 radical (unpaired) electrons. The SMILES string of the molecule is CCN(CC)c1ccc2cc(-c3ccc(-c4ccc(-c5cc6cc7ccccc7cc6oc5=O)o4)o3)c(=O)oc2c1. The summed E-state index contributed by atoms with van der Waals surface area (Å²) in [7, 11) is 0. The summed E-state index contributed by atoms with van der Waals surface area (Å²) in [5, 5.41) is 3.63. The highest BCUT2D eigenvalue weighted by atomic mass is 16.4. The molecule has 0 fully saturated rings. The third-order valence-electron chi connectivity index (χ3n) is 7.43. The first kappa shape index (κ1) is 24.7. The predicted molar refractivity (Wildman–Crippen MR) is 160 cm³/mol. The van der Waals surface area contributed by atoms with Crippen molar-refractivity contribution >= 4 is 38.4 Å². The molecule has 0 bridgehead atoms. The highest BCUT2D eigenvalue weighted by Gasteiger charge is 2.18. The maximum Gasteiger partial charge on any atom is 0.347 e. The second-order valence-corrected chi connectivity index (χ2v) is 9.85. The molecular weight excluding hydrogens is 518 g/mol. The van der Waals surface area contributed by atoms with Crippen molar-refractivity contribution in [3.8, 4) is 34.2 Å². The molecule has 7 rings (SSSR count). The summed E-state index contributed by atoms with van der Waals surface area (Å²) in [6, 6.07) is 28.0. The van der Waals surface area contributed by atoms with Gasteiger partial charge in [-0.05, 0) is 85.3 Å². The number of rotatable bonds is 6. The van der Waals surface area contributed by atoms with Gasteiger partial charge in [-0.2, -0.15) is 0 Å². The second-order valence-electron chi connectivity index (χ2n) is 9.85. The molecule has 0 unspecified atom stereocenters. The first-order chi connectivity index (χ1) is 20.0. The molecule has 4 heterocycles. The van der Waals surface area contributed by atoms with E-state index in [9.17, 15) is 9.59 Å². The monoisotopic (exact) mass is 543 g/mol. The van der Waals surface area contributed by atoms with E-state index < -0.39 is 11.3 Å². The number of hydrogen-bond donors (Lipinski definition) is 0. The summed E-state index contributed by atoms with van der Waals surface area (Å²) in [5.74, 6) is 1.55. The maximum absolute atomic E-state index is 12.9. The smallest absolute Gasteiger partial charge is 0.347 e. The molecule has 0 saturated heterocycles. The fraction of sp³-hybridized carbons (Fsp3) is 0.118. The summed E-state index contributed by atoms with van der Waals surface area (Å²) >= 11 is 0. The zero-order valence-electron chi connectivity index (χ0n) is 22.5. The molecule has 7 nitrogen and oxygen atoms in total. The number of anilines is 1.